The molecule has 0 aliphatic heterocycles. The number of amides is 1. The van der Waals surface area contributed by atoms with Crippen molar-refractivity contribution in [2.45, 2.75) is 12.4 Å². The SMILES string of the molecule is O=C(CSCc1ccccc1)N/N=C\c1ccc(OCc2ccccc2)cc1. The largest absolute Gasteiger partial charge is 0.489 e. The second-order valence-electron chi connectivity index (χ2n) is 6.11. The van der Waals surface area contributed by atoms with Crippen LogP contribution in [-0.2, 0) is 17.2 Å². The van der Waals surface area contributed by atoms with Crippen LogP contribution in [0.4, 0.5) is 0 Å². The van der Waals surface area contributed by atoms with Crippen LogP contribution in [0.1, 0.15) is 16.7 Å². The average molecular weight is 391 g/mol. The van der Waals surface area contributed by atoms with Gasteiger partial charge in [0.15, 0.2) is 0 Å². The molecule has 4 nitrogen and oxygen atoms in total. The molecule has 0 heterocycles. The Hall–Kier alpha value is -3.05. The van der Waals surface area contributed by atoms with E-state index in [0.717, 1.165) is 22.6 Å². The van der Waals surface area contributed by atoms with Crippen LogP contribution in [0.15, 0.2) is 90.0 Å². The Morgan fingerprint density at radius 2 is 1.54 bits per heavy atom. The highest BCUT2D eigenvalue weighted by Gasteiger charge is 2.00. The van der Waals surface area contributed by atoms with Crippen molar-refractivity contribution in [1.29, 1.82) is 0 Å². The Labute approximate surface area is 169 Å². The number of rotatable bonds is 9. The minimum atomic E-state index is -0.111. The summed E-state index contributed by atoms with van der Waals surface area (Å²) in [6, 6.07) is 27.7. The van der Waals surface area contributed by atoms with Crippen LogP contribution in [-0.4, -0.2) is 17.9 Å². The smallest absolute Gasteiger partial charge is 0.250 e. The van der Waals surface area contributed by atoms with Crippen LogP contribution in [0.3, 0.4) is 0 Å². The monoisotopic (exact) mass is 390 g/mol. The Morgan fingerprint density at radius 1 is 0.893 bits per heavy atom. The van der Waals surface area contributed by atoms with Gasteiger partial charge in [-0.1, -0.05) is 60.7 Å². The molecule has 0 aromatic heterocycles. The minimum absolute atomic E-state index is 0.111. The molecule has 1 amide bonds. The minimum Gasteiger partial charge on any atom is -0.489 e. The molecule has 142 valence electrons. The van der Waals surface area contributed by atoms with E-state index in [9.17, 15) is 4.79 Å². The summed E-state index contributed by atoms with van der Waals surface area (Å²) < 4.78 is 5.75. The van der Waals surface area contributed by atoms with Gasteiger partial charge in [-0.25, -0.2) is 5.43 Å². The van der Waals surface area contributed by atoms with Crippen LogP contribution in [0.2, 0.25) is 0 Å². The first kappa shape index (κ1) is 19.7. The van der Waals surface area contributed by atoms with Gasteiger partial charge in [0.1, 0.15) is 12.4 Å². The second kappa shape index (κ2) is 10.9. The maximum Gasteiger partial charge on any atom is 0.250 e. The van der Waals surface area contributed by atoms with E-state index in [1.165, 1.54) is 5.56 Å². The lowest BCUT2D eigenvalue weighted by atomic mass is 10.2. The lowest BCUT2D eigenvalue weighted by molar-refractivity contribution is -0.118. The topological polar surface area (TPSA) is 50.7 Å². The molecule has 3 rings (SSSR count). The fraction of sp³-hybridized carbons (Fsp3) is 0.130. The Kier molecular flexibility index (Phi) is 7.70. The van der Waals surface area contributed by atoms with Gasteiger partial charge in [0.25, 0.3) is 0 Å². The molecule has 0 spiro atoms. The number of hydrazone groups is 1. The van der Waals surface area contributed by atoms with Crippen molar-refractivity contribution in [3.8, 4) is 5.75 Å². The van der Waals surface area contributed by atoms with Crippen molar-refractivity contribution in [3.63, 3.8) is 0 Å². The Bertz CT molecular complexity index is 881. The Balaban J connectivity index is 1.37. The number of ether oxygens (including phenoxy) is 1. The van der Waals surface area contributed by atoms with E-state index < -0.39 is 0 Å². The highest BCUT2D eigenvalue weighted by atomic mass is 32.2. The van der Waals surface area contributed by atoms with Crippen LogP contribution in [0.5, 0.6) is 5.75 Å². The van der Waals surface area contributed by atoms with Crippen LogP contribution in [0.25, 0.3) is 0 Å². The summed E-state index contributed by atoms with van der Waals surface area (Å²) in [5, 5.41) is 4.01. The zero-order chi connectivity index (χ0) is 19.4. The molecule has 1 N–H and O–H groups in total. The van der Waals surface area contributed by atoms with Crippen molar-refractivity contribution < 1.29 is 9.53 Å². The van der Waals surface area contributed by atoms with E-state index in [1.807, 2.05) is 72.8 Å². The average Bonchev–Trinajstić information content (AvgIpc) is 2.75. The molecule has 0 aliphatic rings. The summed E-state index contributed by atoms with van der Waals surface area (Å²) >= 11 is 1.56. The fourth-order valence-corrected chi connectivity index (χ4v) is 3.22. The van der Waals surface area contributed by atoms with Gasteiger partial charge >= 0.3 is 0 Å². The van der Waals surface area contributed by atoms with Crippen molar-refractivity contribution >= 4 is 23.9 Å². The van der Waals surface area contributed by atoms with Crippen LogP contribution < -0.4 is 10.2 Å². The van der Waals surface area contributed by atoms with E-state index in [2.05, 4.69) is 22.7 Å². The normalized spacial score (nSPS) is 10.7. The molecule has 0 atom stereocenters. The lowest BCUT2D eigenvalue weighted by Gasteiger charge is -2.06. The standard InChI is InChI=1S/C23H22N2O2S/c26-23(18-28-17-21-9-5-2-6-10-21)25-24-15-19-11-13-22(14-12-19)27-16-20-7-3-1-4-8-20/h1-15H,16-18H2,(H,25,26)/b24-15-. The predicted octanol–water partition coefficient (Wildman–Crippen LogP) is 4.65. The van der Waals surface area contributed by atoms with E-state index in [-0.39, 0.29) is 5.91 Å². The summed E-state index contributed by atoms with van der Waals surface area (Å²) in [5.41, 5.74) is 5.78. The first-order chi connectivity index (χ1) is 13.8. The summed E-state index contributed by atoms with van der Waals surface area (Å²) in [4.78, 5) is 11.8. The van der Waals surface area contributed by atoms with Gasteiger partial charge in [-0.15, -0.1) is 11.8 Å². The zero-order valence-corrected chi connectivity index (χ0v) is 16.3. The molecule has 0 aliphatic carbocycles. The summed E-state index contributed by atoms with van der Waals surface area (Å²) in [6.45, 7) is 0.533. The summed E-state index contributed by atoms with van der Waals surface area (Å²) in [5.74, 6) is 1.86. The highest BCUT2D eigenvalue weighted by molar-refractivity contribution is 7.99. The van der Waals surface area contributed by atoms with Crippen molar-refractivity contribution in [1.82, 2.24) is 5.43 Å². The highest BCUT2D eigenvalue weighted by Crippen LogP contribution is 2.14. The van der Waals surface area contributed by atoms with Crippen molar-refractivity contribution in [2.75, 3.05) is 5.75 Å². The third-order valence-corrected chi connectivity index (χ3v) is 4.88. The molecule has 0 unspecified atom stereocenters. The number of carbonyl (C=O) groups excluding carboxylic acids is 1. The van der Waals surface area contributed by atoms with Gasteiger partial charge in [0, 0.05) is 5.75 Å². The number of hydrogen-bond donors (Lipinski definition) is 1. The molecule has 3 aromatic rings. The van der Waals surface area contributed by atoms with Crippen molar-refractivity contribution in [2.24, 2.45) is 5.10 Å². The van der Waals surface area contributed by atoms with Crippen LogP contribution in [0, 0.1) is 0 Å². The molecule has 0 fully saturated rings. The number of thioether (sulfide) groups is 1. The van der Waals surface area contributed by atoms with E-state index in [1.54, 1.807) is 18.0 Å². The van der Waals surface area contributed by atoms with Gasteiger partial charge in [0.05, 0.1) is 12.0 Å². The number of nitrogens with zero attached hydrogens (tertiary/aromatic N) is 1. The van der Waals surface area contributed by atoms with Gasteiger partial charge in [-0.05, 0) is 41.0 Å². The number of hydrogen-bond acceptors (Lipinski definition) is 4. The van der Waals surface area contributed by atoms with Gasteiger partial charge < -0.3 is 4.74 Å². The molecule has 0 saturated carbocycles. The molecule has 0 bridgehead atoms. The molecule has 28 heavy (non-hydrogen) atoms. The third kappa shape index (κ3) is 6.93. The zero-order valence-electron chi connectivity index (χ0n) is 15.5. The Morgan fingerprint density at radius 3 is 2.21 bits per heavy atom. The number of benzene rings is 3. The van der Waals surface area contributed by atoms with E-state index in [0.29, 0.717) is 12.4 Å². The fourth-order valence-electron chi connectivity index (χ4n) is 2.44. The summed E-state index contributed by atoms with van der Waals surface area (Å²) in [6.07, 6.45) is 1.63. The maximum atomic E-state index is 11.8. The van der Waals surface area contributed by atoms with Crippen molar-refractivity contribution in [3.05, 3.63) is 102 Å². The van der Waals surface area contributed by atoms with Gasteiger partial charge in [0.2, 0.25) is 5.91 Å². The van der Waals surface area contributed by atoms with Crippen LogP contribution >= 0.6 is 11.8 Å². The molecule has 0 radical (unpaired) electrons. The first-order valence-corrected chi connectivity index (χ1v) is 10.2. The lowest BCUT2D eigenvalue weighted by Crippen LogP contribution is -2.19. The molecular formula is C23H22N2O2S. The molecule has 0 saturated heterocycles. The predicted molar refractivity (Wildman–Crippen MR) is 116 cm³/mol. The molecule has 3 aromatic carbocycles. The second-order valence-corrected chi connectivity index (χ2v) is 7.10. The molecule has 5 heteroatoms. The van der Waals surface area contributed by atoms with Gasteiger partial charge in [-0.3, -0.25) is 4.79 Å². The number of carbonyl (C=O) groups is 1. The quantitative estimate of drug-likeness (QED) is 0.427. The van der Waals surface area contributed by atoms with Gasteiger partial charge in [-0.2, -0.15) is 5.10 Å². The first-order valence-electron chi connectivity index (χ1n) is 9.00. The maximum absolute atomic E-state index is 11.8. The van der Waals surface area contributed by atoms with E-state index >= 15 is 0 Å². The summed E-state index contributed by atoms with van der Waals surface area (Å²) in [7, 11) is 0. The van der Waals surface area contributed by atoms with E-state index in [4.69, 9.17) is 4.74 Å². The molecular weight excluding hydrogens is 368 g/mol. The third-order valence-electron chi connectivity index (χ3n) is 3.88. The number of nitrogens with one attached hydrogen (secondary N) is 1.